The molecule has 0 fully saturated rings. The lowest BCUT2D eigenvalue weighted by Gasteiger charge is -2.06. The molecule has 0 amide bonds. The molecule has 0 aliphatic rings. The molecule has 0 saturated heterocycles. The summed E-state index contributed by atoms with van der Waals surface area (Å²) in [6.45, 7) is 0.0323. The molecule has 1 aromatic carbocycles. The quantitative estimate of drug-likeness (QED) is 0.561. The van der Waals surface area contributed by atoms with Gasteiger partial charge < -0.3 is 20.4 Å². The fourth-order valence-electron chi connectivity index (χ4n) is 0.903. The third-order valence-electron chi connectivity index (χ3n) is 1.48. The van der Waals surface area contributed by atoms with Crippen LogP contribution in [0.2, 0.25) is 0 Å². The summed E-state index contributed by atoms with van der Waals surface area (Å²) in [4.78, 5) is 0. The van der Waals surface area contributed by atoms with Crippen LogP contribution in [0.4, 0.5) is 4.39 Å². The Hall–Kier alpha value is -1.11. The molecule has 0 heterocycles. The van der Waals surface area contributed by atoms with Gasteiger partial charge in [-0.3, -0.25) is 0 Å². The smallest absolute Gasteiger partial charge is 0.512 e. The fourth-order valence-corrected chi connectivity index (χ4v) is 0.903. The molecule has 0 radical (unpaired) electrons. The summed E-state index contributed by atoms with van der Waals surface area (Å²) < 4.78 is 17.3. The van der Waals surface area contributed by atoms with Crippen molar-refractivity contribution < 1.29 is 19.1 Å². The highest BCUT2D eigenvalue weighted by molar-refractivity contribution is 6.33. The van der Waals surface area contributed by atoms with Crippen LogP contribution in [0.15, 0.2) is 18.2 Å². The summed E-state index contributed by atoms with van der Waals surface area (Å²) in [6.07, 6.45) is 0. The molecule has 0 unspecified atom stereocenters. The van der Waals surface area contributed by atoms with Gasteiger partial charge in [0.2, 0.25) is 0 Å². The van der Waals surface area contributed by atoms with E-state index < -0.39 is 13.1 Å². The Bertz CT molecular complexity index is 295. The zero-order chi connectivity index (χ0) is 9.84. The van der Waals surface area contributed by atoms with Crippen molar-refractivity contribution in [2.75, 3.05) is 0 Å². The third-order valence-corrected chi connectivity index (χ3v) is 1.48. The van der Waals surface area contributed by atoms with Crippen LogP contribution in [0.1, 0.15) is 5.56 Å². The van der Waals surface area contributed by atoms with Crippen molar-refractivity contribution in [1.29, 1.82) is 0 Å². The maximum atomic E-state index is 12.8. The molecule has 4 nitrogen and oxygen atoms in total. The molecule has 0 spiro atoms. The average Bonchev–Trinajstić information content (AvgIpc) is 2.07. The maximum absolute atomic E-state index is 12.8. The fraction of sp³-hybridized carbons (Fsp3) is 0.143. The largest absolute Gasteiger partial charge is 0.707 e. The Morgan fingerprint density at radius 3 is 2.69 bits per heavy atom. The van der Waals surface area contributed by atoms with Crippen LogP contribution in [0, 0.1) is 5.82 Å². The first-order chi connectivity index (χ1) is 6.13. The Morgan fingerprint density at radius 1 is 1.46 bits per heavy atom. The van der Waals surface area contributed by atoms with E-state index in [1.807, 2.05) is 0 Å². The van der Waals surface area contributed by atoms with Crippen LogP contribution in [0.5, 0.6) is 5.75 Å². The van der Waals surface area contributed by atoms with Crippen LogP contribution in [-0.4, -0.2) is 17.4 Å². The molecule has 6 heteroatoms. The molecular formula is C7H9BFNO3. The van der Waals surface area contributed by atoms with Gasteiger partial charge in [-0.05, 0) is 18.2 Å². The van der Waals surface area contributed by atoms with Crippen molar-refractivity contribution >= 4 is 7.32 Å². The Labute approximate surface area is 74.9 Å². The van der Waals surface area contributed by atoms with E-state index in [1.165, 1.54) is 12.1 Å². The summed E-state index contributed by atoms with van der Waals surface area (Å²) in [6, 6.07) is 3.75. The van der Waals surface area contributed by atoms with Gasteiger partial charge in [-0.1, -0.05) is 0 Å². The first-order valence-corrected chi connectivity index (χ1v) is 3.65. The highest BCUT2D eigenvalue weighted by Gasteiger charge is 2.12. The molecule has 1 aromatic rings. The van der Waals surface area contributed by atoms with Crippen molar-refractivity contribution in [3.8, 4) is 5.75 Å². The number of nitrogens with two attached hydrogens (primary N) is 1. The van der Waals surface area contributed by atoms with Crippen LogP contribution < -0.4 is 10.4 Å². The minimum absolute atomic E-state index is 0.0323. The zero-order valence-corrected chi connectivity index (χ0v) is 6.77. The predicted octanol–water partition coefficient (Wildman–Crippen LogP) is -0.367. The number of halogens is 1. The predicted molar refractivity (Wildman–Crippen MR) is 45.1 cm³/mol. The average molecular weight is 185 g/mol. The first kappa shape index (κ1) is 9.98. The molecule has 0 aliphatic carbocycles. The topological polar surface area (TPSA) is 75.7 Å². The maximum Gasteiger partial charge on any atom is 0.707 e. The molecule has 70 valence electrons. The summed E-state index contributed by atoms with van der Waals surface area (Å²) in [7, 11) is -1.91. The van der Waals surface area contributed by atoms with E-state index in [-0.39, 0.29) is 17.9 Å². The van der Waals surface area contributed by atoms with Crippen molar-refractivity contribution in [2.24, 2.45) is 5.73 Å². The van der Waals surface area contributed by atoms with Gasteiger partial charge in [0, 0.05) is 12.1 Å². The van der Waals surface area contributed by atoms with Crippen molar-refractivity contribution in [3.63, 3.8) is 0 Å². The SMILES string of the molecule is NCc1cc(OB(O)O)ccc1F. The van der Waals surface area contributed by atoms with E-state index in [0.29, 0.717) is 0 Å². The molecule has 0 aromatic heterocycles. The number of rotatable bonds is 3. The number of hydrogen-bond acceptors (Lipinski definition) is 4. The Morgan fingerprint density at radius 2 is 2.15 bits per heavy atom. The second-order valence-electron chi connectivity index (χ2n) is 2.40. The van der Waals surface area contributed by atoms with E-state index in [4.69, 9.17) is 15.8 Å². The van der Waals surface area contributed by atoms with Gasteiger partial charge in [-0.2, -0.15) is 0 Å². The minimum Gasteiger partial charge on any atom is -0.512 e. The monoisotopic (exact) mass is 185 g/mol. The van der Waals surface area contributed by atoms with Crippen LogP contribution in [0.3, 0.4) is 0 Å². The van der Waals surface area contributed by atoms with E-state index >= 15 is 0 Å². The van der Waals surface area contributed by atoms with Crippen molar-refractivity contribution in [3.05, 3.63) is 29.6 Å². The molecule has 1 rings (SSSR count). The number of benzene rings is 1. The van der Waals surface area contributed by atoms with Gasteiger partial charge >= 0.3 is 7.32 Å². The lowest BCUT2D eigenvalue weighted by atomic mass is 10.2. The van der Waals surface area contributed by atoms with E-state index in [2.05, 4.69) is 4.65 Å². The van der Waals surface area contributed by atoms with E-state index in [1.54, 1.807) is 0 Å². The highest BCUT2D eigenvalue weighted by atomic mass is 19.1. The molecule has 0 aliphatic heterocycles. The van der Waals surface area contributed by atoms with E-state index in [0.717, 1.165) is 6.07 Å². The molecule has 0 saturated carbocycles. The zero-order valence-electron chi connectivity index (χ0n) is 6.77. The summed E-state index contributed by atoms with van der Waals surface area (Å²) in [5.74, 6) is -0.279. The molecule has 13 heavy (non-hydrogen) atoms. The molecule has 4 N–H and O–H groups in total. The van der Waals surface area contributed by atoms with Gasteiger partial charge in [-0.15, -0.1) is 0 Å². The second-order valence-corrected chi connectivity index (χ2v) is 2.40. The lowest BCUT2D eigenvalue weighted by molar-refractivity contribution is 0.288. The molecule has 0 atom stereocenters. The minimum atomic E-state index is -1.91. The van der Waals surface area contributed by atoms with Crippen molar-refractivity contribution in [1.82, 2.24) is 0 Å². The lowest BCUT2D eigenvalue weighted by Crippen LogP contribution is -2.20. The first-order valence-electron chi connectivity index (χ1n) is 3.65. The Kier molecular flexibility index (Phi) is 3.24. The number of hydrogen-bond donors (Lipinski definition) is 3. The van der Waals surface area contributed by atoms with Gasteiger partial charge in [0.1, 0.15) is 11.6 Å². The van der Waals surface area contributed by atoms with Gasteiger partial charge in [-0.25, -0.2) is 4.39 Å². The Balaban J connectivity index is 2.86. The summed E-state index contributed by atoms with van der Waals surface area (Å²) in [5, 5.41) is 16.9. The molecular weight excluding hydrogens is 176 g/mol. The van der Waals surface area contributed by atoms with Crippen LogP contribution in [-0.2, 0) is 6.54 Å². The van der Waals surface area contributed by atoms with Gasteiger partial charge in [0.25, 0.3) is 0 Å². The van der Waals surface area contributed by atoms with Gasteiger partial charge in [0.05, 0.1) is 0 Å². The third kappa shape index (κ3) is 2.69. The van der Waals surface area contributed by atoms with Gasteiger partial charge in [0.15, 0.2) is 0 Å². The summed E-state index contributed by atoms with van der Waals surface area (Å²) in [5.41, 5.74) is 5.49. The van der Waals surface area contributed by atoms with Crippen LogP contribution in [0.25, 0.3) is 0 Å². The summed E-state index contributed by atoms with van der Waals surface area (Å²) >= 11 is 0. The standard InChI is InChI=1S/C7H9BFNO3/c9-7-2-1-6(13-8(11)12)3-5(7)4-10/h1-3,11-12H,4,10H2. The highest BCUT2D eigenvalue weighted by Crippen LogP contribution is 2.16. The molecule has 0 bridgehead atoms. The van der Waals surface area contributed by atoms with E-state index in [9.17, 15) is 4.39 Å². The normalized spacial score (nSPS) is 9.85. The van der Waals surface area contributed by atoms with Crippen molar-refractivity contribution in [2.45, 2.75) is 6.54 Å². The van der Waals surface area contributed by atoms with Crippen LogP contribution >= 0.6 is 0 Å². The second kappa shape index (κ2) is 4.22.